The zero-order valence-electron chi connectivity index (χ0n) is 12.8. The van der Waals surface area contributed by atoms with E-state index < -0.39 is 0 Å². The molecule has 2 heterocycles. The van der Waals surface area contributed by atoms with Gasteiger partial charge in [0.2, 0.25) is 5.91 Å². The lowest BCUT2D eigenvalue weighted by Gasteiger charge is -2.25. The molecule has 1 aliphatic heterocycles. The zero-order chi connectivity index (χ0) is 16.4. The lowest BCUT2D eigenvalue weighted by atomic mass is 10.1. The maximum Gasteiger partial charge on any atom is 0.233 e. The summed E-state index contributed by atoms with van der Waals surface area (Å²) in [4.78, 5) is 15.5. The number of nitrogens with zero attached hydrogens (tertiary/aromatic N) is 2. The molecule has 23 heavy (non-hydrogen) atoms. The number of benzene rings is 1. The second-order valence-corrected chi connectivity index (χ2v) is 7.51. The van der Waals surface area contributed by atoms with Crippen molar-refractivity contribution in [3.63, 3.8) is 0 Å². The normalized spacial score (nSPS) is 17.7. The van der Waals surface area contributed by atoms with Crippen LogP contribution in [0, 0.1) is 0 Å². The summed E-state index contributed by atoms with van der Waals surface area (Å²) < 4.78 is 2.09. The number of likely N-dealkylation sites (tertiary alicyclic amines) is 1. The highest BCUT2D eigenvalue weighted by Crippen LogP contribution is 2.34. The Labute approximate surface area is 150 Å². The number of carbonyl (C=O) groups excluding carboxylic acids is 1. The molecule has 1 aromatic heterocycles. The van der Waals surface area contributed by atoms with Gasteiger partial charge in [0, 0.05) is 35.4 Å². The Hall–Kier alpha value is -1.10. The van der Waals surface area contributed by atoms with Crippen LogP contribution in [0.15, 0.2) is 41.4 Å². The van der Waals surface area contributed by atoms with Gasteiger partial charge in [-0.2, -0.15) is 0 Å². The first kappa shape index (κ1) is 16.7. The largest absolute Gasteiger partial charge is 0.353 e. The number of halogens is 2. The molecule has 0 spiro atoms. The molecule has 1 aliphatic rings. The molecule has 1 unspecified atom stereocenters. The van der Waals surface area contributed by atoms with Gasteiger partial charge in [-0.3, -0.25) is 4.79 Å². The van der Waals surface area contributed by atoms with Crippen LogP contribution in [0.1, 0.15) is 24.6 Å². The number of amides is 1. The minimum absolute atomic E-state index is 0.148. The van der Waals surface area contributed by atoms with Crippen LogP contribution >= 0.6 is 35.0 Å². The first-order chi connectivity index (χ1) is 11.1. The number of aromatic nitrogens is 1. The van der Waals surface area contributed by atoms with Crippen molar-refractivity contribution in [1.82, 2.24) is 9.47 Å². The summed E-state index contributed by atoms with van der Waals surface area (Å²) in [5, 5.41) is 1.26. The highest BCUT2D eigenvalue weighted by atomic mass is 35.5. The van der Waals surface area contributed by atoms with Crippen LogP contribution in [0.4, 0.5) is 0 Å². The van der Waals surface area contributed by atoms with Gasteiger partial charge in [0.15, 0.2) is 0 Å². The number of thioether (sulfide) groups is 1. The Balaban J connectivity index is 1.68. The average molecular weight is 369 g/mol. The smallest absolute Gasteiger partial charge is 0.233 e. The van der Waals surface area contributed by atoms with Crippen LogP contribution in [-0.4, -0.2) is 27.7 Å². The molecular weight excluding hydrogens is 351 g/mol. The van der Waals surface area contributed by atoms with Gasteiger partial charge in [-0.1, -0.05) is 23.2 Å². The van der Waals surface area contributed by atoms with Gasteiger partial charge in [0.25, 0.3) is 0 Å². The number of hydrogen-bond donors (Lipinski definition) is 0. The quantitative estimate of drug-likeness (QED) is 0.724. The third-order valence-electron chi connectivity index (χ3n) is 4.14. The molecule has 3 rings (SSSR count). The van der Waals surface area contributed by atoms with E-state index in [1.807, 2.05) is 24.2 Å². The second-order valence-electron chi connectivity index (χ2n) is 5.65. The van der Waals surface area contributed by atoms with Crippen molar-refractivity contribution in [2.45, 2.75) is 23.8 Å². The van der Waals surface area contributed by atoms with Crippen molar-refractivity contribution in [1.29, 1.82) is 0 Å². The van der Waals surface area contributed by atoms with Gasteiger partial charge in [-0.05, 0) is 43.2 Å². The third kappa shape index (κ3) is 3.70. The molecule has 6 heteroatoms. The number of aryl methyl sites for hydroxylation is 1. The highest BCUT2D eigenvalue weighted by molar-refractivity contribution is 8.00. The van der Waals surface area contributed by atoms with Gasteiger partial charge in [-0.15, -0.1) is 11.8 Å². The highest BCUT2D eigenvalue weighted by Gasteiger charge is 2.31. The lowest BCUT2D eigenvalue weighted by molar-refractivity contribution is -0.129. The van der Waals surface area contributed by atoms with Gasteiger partial charge in [0.05, 0.1) is 16.8 Å². The minimum atomic E-state index is 0.148. The Morgan fingerprint density at radius 1 is 1.35 bits per heavy atom. The summed E-state index contributed by atoms with van der Waals surface area (Å²) in [5.74, 6) is 0.524. The monoisotopic (exact) mass is 368 g/mol. The SMILES string of the molecule is Cn1cccc1C1CCCN1C(=O)CSc1cc(Cl)ccc1Cl. The molecule has 0 N–H and O–H groups in total. The zero-order valence-corrected chi connectivity index (χ0v) is 15.2. The van der Waals surface area contributed by atoms with Crippen LogP contribution in [-0.2, 0) is 11.8 Å². The summed E-state index contributed by atoms with van der Waals surface area (Å²) in [6.07, 6.45) is 4.09. The molecule has 2 aromatic rings. The van der Waals surface area contributed by atoms with E-state index >= 15 is 0 Å². The molecular formula is C17H18Cl2N2OS. The molecule has 0 saturated carbocycles. The molecule has 1 atom stereocenters. The fourth-order valence-electron chi connectivity index (χ4n) is 3.00. The first-order valence-corrected chi connectivity index (χ1v) is 9.29. The van der Waals surface area contributed by atoms with Crippen molar-refractivity contribution >= 4 is 40.9 Å². The van der Waals surface area contributed by atoms with Crippen molar-refractivity contribution in [3.05, 3.63) is 52.3 Å². The first-order valence-electron chi connectivity index (χ1n) is 7.55. The lowest BCUT2D eigenvalue weighted by Crippen LogP contribution is -2.32. The molecule has 1 fully saturated rings. The number of rotatable bonds is 4. The van der Waals surface area contributed by atoms with Gasteiger partial charge >= 0.3 is 0 Å². The molecule has 3 nitrogen and oxygen atoms in total. The third-order valence-corrected chi connectivity index (χ3v) is 5.86. The molecule has 1 saturated heterocycles. The van der Waals surface area contributed by atoms with E-state index in [1.54, 1.807) is 18.2 Å². The van der Waals surface area contributed by atoms with Gasteiger partial charge in [0.1, 0.15) is 0 Å². The van der Waals surface area contributed by atoms with Crippen molar-refractivity contribution in [3.8, 4) is 0 Å². The molecule has 0 aliphatic carbocycles. The maximum absolute atomic E-state index is 12.7. The number of carbonyl (C=O) groups is 1. The van der Waals surface area contributed by atoms with E-state index in [4.69, 9.17) is 23.2 Å². The molecule has 122 valence electrons. The van der Waals surface area contributed by atoms with Crippen LogP contribution in [0.3, 0.4) is 0 Å². The van der Waals surface area contributed by atoms with E-state index in [2.05, 4.69) is 10.6 Å². The molecule has 1 aromatic carbocycles. The van der Waals surface area contributed by atoms with Crippen molar-refractivity contribution in [2.24, 2.45) is 7.05 Å². The summed E-state index contributed by atoms with van der Waals surface area (Å²) >= 11 is 13.6. The Kier molecular flexibility index (Phi) is 5.24. The van der Waals surface area contributed by atoms with Crippen molar-refractivity contribution in [2.75, 3.05) is 12.3 Å². The summed E-state index contributed by atoms with van der Waals surface area (Å²) in [6.45, 7) is 0.818. The predicted molar refractivity (Wildman–Crippen MR) is 96.3 cm³/mol. The molecule has 1 amide bonds. The molecule has 0 radical (unpaired) electrons. The summed E-state index contributed by atoms with van der Waals surface area (Å²) in [6, 6.07) is 9.62. The predicted octanol–water partition coefficient (Wildman–Crippen LogP) is 4.79. The van der Waals surface area contributed by atoms with E-state index in [0.717, 1.165) is 24.3 Å². The van der Waals surface area contributed by atoms with E-state index in [9.17, 15) is 4.79 Å². The van der Waals surface area contributed by atoms with Crippen LogP contribution in [0.25, 0.3) is 0 Å². The van der Waals surface area contributed by atoms with E-state index in [0.29, 0.717) is 15.8 Å². The fraction of sp³-hybridized carbons (Fsp3) is 0.353. The minimum Gasteiger partial charge on any atom is -0.353 e. The van der Waals surface area contributed by atoms with Crippen LogP contribution in [0.5, 0.6) is 0 Å². The van der Waals surface area contributed by atoms with Crippen molar-refractivity contribution < 1.29 is 4.79 Å². The standard InChI is InChI=1S/C17H18Cl2N2OS/c1-20-8-2-4-14(20)15-5-3-9-21(15)17(22)11-23-16-10-12(18)6-7-13(16)19/h2,4,6-8,10,15H,3,5,9,11H2,1H3. The maximum atomic E-state index is 12.7. The Morgan fingerprint density at radius 2 is 2.17 bits per heavy atom. The average Bonchev–Trinajstić information content (AvgIpc) is 3.16. The topological polar surface area (TPSA) is 25.2 Å². The summed E-state index contributed by atoms with van der Waals surface area (Å²) in [7, 11) is 2.02. The van der Waals surface area contributed by atoms with Crippen LogP contribution < -0.4 is 0 Å². The van der Waals surface area contributed by atoms with E-state index in [1.165, 1.54) is 17.5 Å². The molecule has 0 bridgehead atoms. The van der Waals surface area contributed by atoms with Gasteiger partial charge in [-0.25, -0.2) is 0 Å². The Bertz CT molecular complexity index is 716. The number of hydrogen-bond acceptors (Lipinski definition) is 2. The fourth-order valence-corrected chi connectivity index (χ4v) is 4.38. The summed E-state index contributed by atoms with van der Waals surface area (Å²) in [5.41, 5.74) is 1.20. The second kappa shape index (κ2) is 7.20. The van der Waals surface area contributed by atoms with E-state index in [-0.39, 0.29) is 11.9 Å². The Morgan fingerprint density at radius 3 is 2.91 bits per heavy atom. The van der Waals surface area contributed by atoms with Gasteiger partial charge < -0.3 is 9.47 Å². The van der Waals surface area contributed by atoms with Crippen LogP contribution in [0.2, 0.25) is 10.0 Å².